The predicted octanol–water partition coefficient (Wildman–Crippen LogP) is 5.03. The molecule has 2 aromatic heterocycles. The first-order valence-electron chi connectivity index (χ1n) is 11.0. The molecule has 0 saturated heterocycles. The standard InChI is InChI=1S/C28H22FN5O/c1-18-24(15-31)27(22-10-11-23(14-30)25(29)13-22)19(2)34(18)17-21-8-6-20(7-9-21)16-33-28(35)26-5-3-4-12-32-26/h3-13H,16-17H2,1-2H3,(H,33,35). The van der Waals surface area contributed by atoms with Crippen molar-refractivity contribution in [3.63, 3.8) is 0 Å². The van der Waals surface area contributed by atoms with Crippen LogP contribution in [0, 0.1) is 42.3 Å². The minimum absolute atomic E-state index is 0.0302. The van der Waals surface area contributed by atoms with Crippen LogP contribution in [0.2, 0.25) is 0 Å². The van der Waals surface area contributed by atoms with E-state index in [0.717, 1.165) is 22.5 Å². The molecule has 0 aliphatic rings. The van der Waals surface area contributed by atoms with Gasteiger partial charge in [-0.25, -0.2) is 4.39 Å². The molecule has 0 unspecified atom stereocenters. The van der Waals surface area contributed by atoms with Gasteiger partial charge in [-0.05, 0) is 54.8 Å². The number of nitriles is 2. The Hall–Kier alpha value is -4.75. The lowest BCUT2D eigenvalue weighted by Crippen LogP contribution is -2.23. The number of carbonyl (C=O) groups excluding carboxylic acids is 1. The lowest BCUT2D eigenvalue weighted by Gasteiger charge is -2.11. The van der Waals surface area contributed by atoms with Crippen molar-refractivity contribution in [3.8, 4) is 23.3 Å². The molecule has 0 aliphatic carbocycles. The van der Waals surface area contributed by atoms with Gasteiger partial charge in [-0.3, -0.25) is 9.78 Å². The molecule has 35 heavy (non-hydrogen) atoms. The van der Waals surface area contributed by atoms with E-state index in [4.69, 9.17) is 5.26 Å². The van der Waals surface area contributed by atoms with Gasteiger partial charge in [0.05, 0.1) is 11.1 Å². The number of benzene rings is 2. The maximum absolute atomic E-state index is 14.3. The second-order valence-electron chi connectivity index (χ2n) is 8.14. The molecule has 0 bridgehead atoms. The molecule has 6 nitrogen and oxygen atoms in total. The topological polar surface area (TPSA) is 94.5 Å². The van der Waals surface area contributed by atoms with Gasteiger partial charge in [0, 0.05) is 36.2 Å². The van der Waals surface area contributed by atoms with Crippen molar-refractivity contribution in [2.45, 2.75) is 26.9 Å². The van der Waals surface area contributed by atoms with E-state index in [-0.39, 0.29) is 11.5 Å². The van der Waals surface area contributed by atoms with Crippen LogP contribution in [0.25, 0.3) is 11.1 Å². The van der Waals surface area contributed by atoms with Gasteiger partial charge in [0.2, 0.25) is 0 Å². The Labute approximate surface area is 202 Å². The monoisotopic (exact) mass is 463 g/mol. The maximum atomic E-state index is 14.3. The van der Waals surface area contributed by atoms with Crippen LogP contribution in [0.15, 0.2) is 66.9 Å². The van der Waals surface area contributed by atoms with E-state index in [9.17, 15) is 14.4 Å². The van der Waals surface area contributed by atoms with Crippen LogP contribution >= 0.6 is 0 Å². The fourth-order valence-electron chi connectivity index (χ4n) is 4.09. The van der Waals surface area contributed by atoms with Crippen molar-refractivity contribution < 1.29 is 9.18 Å². The number of pyridine rings is 1. The zero-order valence-corrected chi connectivity index (χ0v) is 19.3. The van der Waals surface area contributed by atoms with Crippen molar-refractivity contribution in [1.82, 2.24) is 14.9 Å². The van der Waals surface area contributed by atoms with E-state index in [1.807, 2.05) is 48.7 Å². The third kappa shape index (κ3) is 4.80. The molecule has 1 N–H and O–H groups in total. The molecule has 0 atom stereocenters. The van der Waals surface area contributed by atoms with Crippen LogP contribution < -0.4 is 5.32 Å². The van der Waals surface area contributed by atoms with Gasteiger partial charge in [0.15, 0.2) is 0 Å². The van der Waals surface area contributed by atoms with Gasteiger partial charge < -0.3 is 9.88 Å². The number of nitrogens with one attached hydrogen (secondary N) is 1. The highest BCUT2D eigenvalue weighted by molar-refractivity contribution is 5.92. The Bertz CT molecular complexity index is 1480. The van der Waals surface area contributed by atoms with Gasteiger partial charge in [-0.1, -0.05) is 36.4 Å². The van der Waals surface area contributed by atoms with Crippen molar-refractivity contribution in [2.75, 3.05) is 0 Å². The van der Waals surface area contributed by atoms with E-state index in [0.29, 0.717) is 35.5 Å². The number of carbonyl (C=O) groups is 1. The summed E-state index contributed by atoms with van der Waals surface area (Å²) in [5.41, 5.74) is 5.66. The van der Waals surface area contributed by atoms with Crippen molar-refractivity contribution >= 4 is 5.91 Å². The zero-order chi connectivity index (χ0) is 24.9. The highest BCUT2D eigenvalue weighted by atomic mass is 19.1. The Morgan fingerprint density at radius 2 is 1.74 bits per heavy atom. The Morgan fingerprint density at radius 1 is 1.00 bits per heavy atom. The number of amides is 1. The minimum atomic E-state index is -0.607. The second kappa shape index (κ2) is 10.0. The van der Waals surface area contributed by atoms with Crippen LogP contribution in [-0.4, -0.2) is 15.5 Å². The fourth-order valence-corrected chi connectivity index (χ4v) is 4.09. The summed E-state index contributed by atoms with van der Waals surface area (Å²) in [5.74, 6) is -0.839. The lowest BCUT2D eigenvalue weighted by atomic mass is 10.00. The van der Waals surface area contributed by atoms with Crippen LogP contribution in [0.4, 0.5) is 4.39 Å². The van der Waals surface area contributed by atoms with Crippen molar-refractivity contribution in [2.24, 2.45) is 0 Å². The lowest BCUT2D eigenvalue weighted by molar-refractivity contribution is 0.0946. The van der Waals surface area contributed by atoms with Crippen LogP contribution in [0.5, 0.6) is 0 Å². The largest absolute Gasteiger partial charge is 0.347 e. The van der Waals surface area contributed by atoms with Gasteiger partial charge in [0.25, 0.3) is 5.91 Å². The summed E-state index contributed by atoms with van der Waals surface area (Å²) in [4.78, 5) is 16.2. The zero-order valence-electron chi connectivity index (χ0n) is 19.3. The van der Waals surface area contributed by atoms with Crippen molar-refractivity contribution in [1.29, 1.82) is 10.5 Å². The van der Waals surface area contributed by atoms with E-state index >= 15 is 0 Å². The molecule has 172 valence electrons. The minimum Gasteiger partial charge on any atom is -0.347 e. The molecule has 0 fully saturated rings. The first kappa shape index (κ1) is 23.4. The highest BCUT2D eigenvalue weighted by Crippen LogP contribution is 2.33. The predicted molar refractivity (Wildman–Crippen MR) is 130 cm³/mol. The van der Waals surface area contributed by atoms with Crippen molar-refractivity contribution in [3.05, 3.63) is 112 Å². The quantitative estimate of drug-likeness (QED) is 0.434. The number of aromatic nitrogens is 2. The Balaban J connectivity index is 1.54. The summed E-state index contributed by atoms with van der Waals surface area (Å²) in [6.45, 7) is 4.69. The average molecular weight is 464 g/mol. The molecule has 7 heteroatoms. The first-order valence-corrected chi connectivity index (χ1v) is 11.0. The SMILES string of the molecule is Cc1c(C#N)c(-c2ccc(C#N)c(F)c2)c(C)n1Cc1ccc(CNC(=O)c2ccccn2)cc1. The summed E-state index contributed by atoms with van der Waals surface area (Å²) in [6, 6.07) is 21.5. The van der Waals surface area contributed by atoms with E-state index < -0.39 is 5.82 Å². The van der Waals surface area contributed by atoms with Crippen LogP contribution in [-0.2, 0) is 13.1 Å². The normalized spacial score (nSPS) is 10.4. The first-order chi connectivity index (χ1) is 16.9. The summed E-state index contributed by atoms with van der Waals surface area (Å²) in [6.07, 6.45) is 1.58. The molecule has 4 rings (SSSR count). The number of hydrogen-bond acceptors (Lipinski definition) is 4. The summed E-state index contributed by atoms with van der Waals surface area (Å²) in [5, 5.41) is 21.7. The number of hydrogen-bond donors (Lipinski definition) is 1. The Morgan fingerprint density at radius 3 is 2.37 bits per heavy atom. The molecule has 4 aromatic rings. The molecular formula is C28H22FN5O. The van der Waals surface area contributed by atoms with Gasteiger partial charge in [0.1, 0.15) is 23.6 Å². The Kier molecular flexibility index (Phi) is 6.71. The van der Waals surface area contributed by atoms with Crippen LogP contribution in [0.3, 0.4) is 0 Å². The summed E-state index contributed by atoms with van der Waals surface area (Å²) >= 11 is 0. The molecule has 1 amide bonds. The molecular weight excluding hydrogens is 441 g/mol. The van der Waals surface area contributed by atoms with E-state index in [1.165, 1.54) is 12.1 Å². The summed E-state index contributed by atoms with van der Waals surface area (Å²) < 4.78 is 16.3. The number of halogens is 1. The molecule has 2 heterocycles. The van der Waals surface area contributed by atoms with Gasteiger partial charge >= 0.3 is 0 Å². The molecule has 2 aromatic carbocycles. The second-order valence-corrected chi connectivity index (χ2v) is 8.14. The smallest absolute Gasteiger partial charge is 0.270 e. The van der Waals surface area contributed by atoms with E-state index in [1.54, 1.807) is 30.5 Å². The molecule has 0 spiro atoms. The average Bonchev–Trinajstić information content (AvgIpc) is 3.12. The molecule has 0 saturated carbocycles. The maximum Gasteiger partial charge on any atom is 0.270 e. The molecule has 0 radical (unpaired) electrons. The third-order valence-electron chi connectivity index (χ3n) is 5.99. The summed E-state index contributed by atoms with van der Waals surface area (Å²) in [7, 11) is 0. The van der Waals surface area contributed by atoms with Gasteiger partial charge in [-0.2, -0.15) is 10.5 Å². The van der Waals surface area contributed by atoms with E-state index in [2.05, 4.69) is 16.4 Å². The van der Waals surface area contributed by atoms with Crippen LogP contribution in [0.1, 0.15) is 44.1 Å². The molecule has 0 aliphatic heterocycles. The number of rotatable bonds is 6. The highest BCUT2D eigenvalue weighted by Gasteiger charge is 2.20. The third-order valence-corrected chi connectivity index (χ3v) is 5.99. The fraction of sp³-hybridized carbons (Fsp3) is 0.143. The number of nitrogens with zero attached hydrogens (tertiary/aromatic N) is 4. The van der Waals surface area contributed by atoms with Gasteiger partial charge in [-0.15, -0.1) is 0 Å².